The van der Waals surface area contributed by atoms with Gasteiger partial charge in [-0.1, -0.05) is 54.1 Å². The van der Waals surface area contributed by atoms with Crippen LogP contribution in [0.15, 0.2) is 88.8 Å². The topological polar surface area (TPSA) is 71.1 Å². The maximum Gasteiger partial charge on any atom is 0.209 e. The predicted octanol–water partition coefficient (Wildman–Crippen LogP) is 5.20. The summed E-state index contributed by atoms with van der Waals surface area (Å²) < 4.78 is 1.59. The van der Waals surface area contributed by atoms with Crippen molar-refractivity contribution >= 4 is 40.0 Å². The molecule has 5 nitrogen and oxygen atoms in total. The van der Waals surface area contributed by atoms with E-state index >= 15 is 0 Å². The van der Waals surface area contributed by atoms with Crippen molar-refractivity contribution in [3.05, 3.63) is 99.9 Å². The number of hydrogen-bond donors (Lipinski definition) is 1. The van der Waals surface area contributed by atoms with Crippen molar-refractivity contribution in [2.45, 2.75) is 6.42 Å². The van der Waals surface area contributed by atoms with Crippen LogP contribution < -0.4 is 5.43 Å². The Morgan fingerprint density at radius 2 is 1.86 bits per heavy atom. The molecule has 0 aliphatic rings. The molecule has 0 amide bonds. The van der Waals surface area contributed by atoms with Crippen molar-refractivity contribution < 1.29 is 0 Å². The smallest absolute Gasteiger partial charge is 0.209 e. The summed E-state index contributed by atoms with van der Waals surface area (Å²) in [6.45, 7) is 0. The zero-order valence-electron chi connectivity index (χ0n) is 15.4. The van der Waals surface area contributed by atoms with Gasteiger partial charge in [0.25, 0.3) is 0 Å². The summed E-state index contributed by atoms with van der Waals surface area (Å²) in [7, 11) is 0. The lowest BCUT2D eigenvalue weighted by Crippen LogP contribution is -2.21. The Kier molecular flexibility index (Phi) is 5.31. The Hall–Kier alpha value is -3.57. The molecule has 4 aromatic rings. The third-order valence-electron chi connectivity index (χ3n) is 4.47. The molecule has 142 valence electrons. The van der Waals surface area contributed by atoms with Crippen molar-refractivity contribution in [1.82, 2.24) is 9.78 Å². The Bertz CT molecular complexity index is 1290. The lowest BCUT2D eigenvalue weighted by molar-refractivity contribution is 0.827. The van der Waals surface area contributed by atoms with Gasteiger partial charge in [-0.2, -0.15) is 5.10 Å². The van der Waals surface area contributed by atoms with Gasteiger partial charge in [-0.15, -0.1) is 0 Å². The fourth-order valence-electron chi connectivity index (χ4n) is 3.11. The minimum Gasteiger partial charge on any atom is -0.313 e. The third-order valence-corrected chi connectivity index (χ3v) is 4.71. The molecule has 1 heterocycles. The minimum absolute atomic E-state index is 0.199. The van der Waals surface area contributed by atoms with Gasteiger partial charge in [0.1, 0.15) is 0 Å². The highest BCUT2D eigenvalue weighted by atomic mass is 35.5. The molecule has 6 heteroatoms. The van der Waals surface area contributed by atoms with Gasteiger partial charge >= 0.3 is 0 Å². The zero-order valence-corrected chi connectivity index (χ0v) is 16.2. The maximum atomic E-state index is 12.6. The molecule has 0 aliphatic heterocycles. The number of nitrogens with one attached hydrogen (secondary N) is 1. The number of aliphatic imine (C=N–C) groups is 1. The number of aromatic nitrogens is 2. The largest absolute Gasteiger partial charge is 0.313 e. The van der Waals surface area contributed by atoms with Crippen molar-refractivity contribution in [2.75, 3.05) is 0 Å². The molecule has 0 aliphatic carbocycles. The number of fused-ring (bicyclic) bond motifs is 1. The molecular formula is C23H17ClN4O. The first-order valence-electron chi connectivity index (χ1n) is 9.06. The van der Waals surface area contributed by atoms with Crippen molar-refractivity contribution in [1.29, 1.82) is 5.41 Å². The Balaban J connectivity index is 1.87. The Morgan fingerprint density at radius 1 is 1.07 bits per heavy atom. The molecule has 29 heavy (non-hydrogen) atoms. The molecule has 0 spiro atoms. The molecule has 4 rings (SSSR count). The quantitative estimate of drug-likeness (QED) is 0.468. The van der Waals surface area contributed by atoms with Crippen LogP contribution in [0.4, 0.5) is 5.69 Å². The van der Waals surface area contributed by atoms with E-state index in [1.807, 2.05) is 54.6 Å². The highest BCUT2D eigenvalue weighted by Gasteiger charge is 2.12. The number of hydrogen-bond acceptors (Lipinski definition) is 4. The molecule has 0 fully saturated rings. The van der Waals surface area contributed by atoms with E-state index in [9.17, 15) is 4.79 Å². The molecule has 0 saturated heterocycles. The van der Waals surface area contributed by atoms with E-state index in [4.69, 9.17) is 22.0 Å². The number of rotatable bonds is 5. The lowest BCUT2D eigenvalue weighted by atomic mass is 10.1. The van der Waals surface area contributed by atoms with E-state index in [0.29, 0.717) is 10.7 Å². The Morgan fingerprint density at radius 3 is 2.69 bits per heavy atom. The summed E-state index contributed by atoms with van der Waals surface area (Å²) in [6, 6.07) is 22.4. The van der Waals surface area contributed by atoms with Crippen molar-refractivity contribution in [2.24, 2.45) is 4.99 Å². The van der Waals surface area contributed by atoms with Crippen LogP contribution in [0.25, 0.3) is 16.5 Å². The second-order valence-electron chi connectivity index (χ2n) is 6.42. The molecule has 0 unspecified atom stereocenters. The van der Waals surface area contributed by atoms with Crippen LogP contribution in [-0.2, 0) is 0 Å². The van der Waals surface area contributed by atoms with Crippen LogP contribution in [0.5, 0.6) is 0 Å². The summed E-state index contributed by atoms with van der Waals surface area (Å²) in [6.07, 6.45) is 3.02. The summed E-state index contributed by atoms with van der Waals surface area (Å²) in [5.74, 6) is 0. The zero-order chi connectivity index (χ0) is 20.2. The van der Waals surface area contributed by atoms with Crippen LogP contribution >= 0.6 is 11.6 Å². The van der Waals surface area contributed by atoms with Crippen molar-refractivity contribution in [3.8, 4) is 5.69 Å². The summed E-state index contributed by atoms with van der Waals surface area (Å²) in [4.78, 5) is 17.3. The van der Waals surface area contributed by atoms with Gasteiger partial charge < -0.3 is 5.41 Å². The van der Waals surface area contributed by atoms with Gasteiger partial charge in [0.2, 0.25) is 5.43 Å². The van der Waals surface area contributed by atoms with Gasteiger partial charge in [-0.3, -0.25) is 4.79 Å². The van der Waals surface area contributed by atoms with Crippen LogP contribution in [0.2, 0.25) is 5.02 Å². The van der Waals surface area contributed by atoms with E-state index in [2.05, 4.69) is 5.10 Å². The highest BCUT2D eigenvalue weighted by Crippen LogP contribution is 2.26. The van der Waals surface area contributed by atoms with E-state index < -0.39 is 0 Å². The monoisotopic (exact) mass is 400 g/mol. The molecule has 0 bridgehead atoms. The van der Waals surface area contributed by atoms with Crippen LogP contribution in [0.3, 0.4) is 0 Å². The third kappa shape index (κ3) is 4.00. The minimum atomic E-state index is -0.246. The second-order valence-corrected chi connectivity index (χ2v) is 6.85. The maximum absolute atomic E-state index is 12.6. The number of halogens is 1. The van der Waals surface area contributed by atoms with E-state index in [1.54, 1.807) is 23.0 Å². The van der Waals surface area contributed by atoms with E-state index in [1.165, 1.54) is 12.3 Å². The first-order valence-corrected chi connectivity index (χ1v) is 9.44. The molecular weight excluding hydrogens is 384 g/mol. The standard InChI is InChI=1S/C23H17ClN4O/c24-17-7-4-8-18(15-17)28-14-12-22(29)23(27-28)21(11-13-25)26-20-10-3-6-16-5-1-2-9-19(16)20/h1-10,12-15,25H,11H2. The summed E-state index contributed by atoms with van der Waals surface area (Å²) >= 11 is 6.08. The number of nitrogens with zero attached hydrogens (tertiary/aromatic N) is 3. The predicted molar refractivity (Wildman–Crippen MR) is 118 cm³/mol. The van der Waals surface area contributed by atoms with Crippen molar-refractivity contribution in [3.63, 3.8) is 0 Å². The van der Waals surface area contributed by atoms with Crippen LogP contribution in [0, 0.1) is 5.41 Å². The molecule has 3 aromatic carbocycles. The fourth-order valence-corrected chi connectivity index (χ4v) is 3.30. The van der Waals surface area contributed by atoms with Gasteiger partial charge in [0.05, 0.1) is 17.1 Å². The Labute approximate surface area is 172 Å². The second kappa shape index (κ2) is 8.20. The average molecular weight is 401 g/mol. The molecule has 1 aromatic heterocycles. The van der Waals surface area contributed by atoms with E-state index in [0.717, 1.165) is 22.1 Å². The van der Waals surface area contributed by atoms with Crippen LogP contribution in [0.1, 0.15) is 12.1 Å². The lowest BCUT2D eigenvalue weighted by Gasteiger charge is -2.09. The van der Waals surface area contributed by atoms with Gasteiger partial charge in [0, 0.05) is 35.3 Å². The summed E-state index contributed by atoms with van der Waals surface area (Å²) in [5.41, 5.74) is 1.88. The first-order chi connectivity index (χ1) is 14.2. The normalized spacial score (nSPS) is 11.6. The highest BCUT2D eigenvalue weighted by molar-refractivity contribution is 6.30. The van der Waals surface area contributed by atoms with Gasteiger partial charge in [-0.05, 0) is 29.7 Å². The van der Waals surface area contributed by atoms with Crippen LogP contribution in [-0.4, -0.2) is 21.7 Å². The fraction of sp³-hybridized carbons (Fsp3) is 0.0435. The SMILES string of the molecule is N=CCC(=Nc1cccc2ccccc12)c1nn(-c2cccc(Cl)c2)ccc1=O. The van der Waals surface area contributed by atoms with Gasteiger partial charge in [0.15, 0.2) is 5.69 Å². The molecule has 0 saturated carbocycles. The number of benzene rings is 3. The molecule has 0 radical (unpaired) electrons. The average Bonchev–Trinajstić information content (AvgIpc) is 2.74. The molecule has 0 atom stereocenters. The molecule has 1 N–H and O–H groups in total. The van der Waals surface area contributed by atoms with E-state index in [-0.39, 0.29) is 17.5 Å². The van der Waals surface area contributed by atoms with Gasteiger partial charge in [-0.25, -0.2) is 9.67 Å². The first kappa shape index (κ1) is 18.8. The summed E-state index contributed by atoms with van der Waals surface area (Å²) in [5, 5.41) is 14.7.